The van der Waals surface area contributed by atoms with Crippen LogP contribution < -0.4 is 10.6 Å². The number of carbonyl (C=O) groups is 1. The highest BCUT2D eigenvalue weighted by atomic mass is 35.5. The Balaban J connectivity index is 2.37. The van der Waals surface area contributed by atoms with Crippen molar-refractivity contribution >= 4 is 23.2 Å². The molecular formula is C13H19ClN2O2. The molecule has 1 rings (SSSR count). The first kappa shape index (κ1) is 15.0. The third kappa shape index (κ3) is 5.49. The van der Waals surface area contributed by atoms with E-state index in [1.165, 1.54) is 0 Å². The van der Waals surface area contributed by atoms with Gasteiger partial charge in [0, 0.05) is 23.9 Å². The first-order chi connectivity index (χ1) is 8.65. The van der Waals surface area contributed by atoms with E-state index in [-0.39, 0.29) is 18.5 Å². The molecule has 1 atom stereocenters. The predicted octanol–water partition coefficient (Wildman–Crippen LogP) is 2.29. The van der Waals surface area contributed by atoms with Crippen molar-refractivity contribution in [3.8, 4) is 0 Å². The molecule has 0 fully saturated rings. The van der Waals surface area contributed by atoms with Crippen molar-refractivity contribution in [3.63, 3.8) is 0 Å². The van der Waals surface area contributed by atoms with Crippen LogP contribution in [0.1, 0.15) is 13.3 Å². The summed E-state index contributed by atoms with van der Waals surface area (Å²) in [5, 5.41) is 6.52. The summed E-state index contributed by atoms with van der Waals surface area (Å²) in [6.07, 6.45) is 0.915. The molecule has 1 unspecified atom stereocenters. The van der Waals surface area contributed by atoms with Crippen LogP contribution in [0, 0.1) is 0 Å². The van der Waals surface area contributed by atoms with Gasteiger partial charge >= 0.3 is 0 Å². The Hall–Kier alpha value is -1.10. The molecule has 0 heterocycles. The zero-order chi connectivity index (χ0) is 13.4. The quantitative estimate of drug-likeness (QED) is 0.799. The smallest absolute Gasteiger partial charge is 0.238 e. The van der Waals surface area contributed by atoms with Crippen molar-refractivity contribution in [1.29, 1.82) is 0 Å². The van der Waals surface area contributed by atoms with Gasteiger partial charge in [-0.05, 0) is 24.6 Å². The second kappa shape index (κ2) is 8.08. The van der Waals surface area contributed by atoms with Gasteiger partial charge in [-0.3, -0.25) is 4.79 Å². The van der Waals surface area contributed by atoms with Crippen molar-refractivity contribution in [3.05, 3.63) is 29.3 Å². The van der Waals surface area contributed by atoms with Gasteiger partial charge in [0.2, 0.25) is 5.91 Å². The minimum Gasteiger partial charge on any atom is -0.383 e. The fraction of sp³-hybridized carbons (Fsp3) is 0.462. The van der Waals surface area contributed by atoms with E-state index in [0.29, 0.717) is 17.3 Å². The highest BCUT2D eigenvalue weighted by Gasteiger charge is 2.08. The fourth-order valence-corrected chi connectivity index (χ4v) is 1.72. The summed E-state index contributed by atoms with van der Waals surface area (Å²) < 4.78 is 5.05. The van der Waals surface area contributed by atoms with Gasteiger partial charge < -0.3 is 15.4 Å². The summed E-state index contributed by atoms with van der Waals surface area (Å²) in [5.41, 5.74) is 0.703. The lowest BCUT2D eigenvalue weighted by Gasteiger charge is -2.15. The maximum absolute atomic E-state index is 11.7. The Labute approximate surface area is 113 Å². The SMILES string of the molecule is CCC(COC)NCC(=O)Nc1cccc(Cl)c1. The van der Waals surface area contributed by atoms with E-state index in [2.05, 4.69) is 10.6 Å². The lowest BCUT2D eigenvalue weighted by molar-refractivity contribution is -0.115. The molecule has 0 aliphatic rings. The molecular weight excluding hydrogens is 252 g/mol. The Morgan fingerprint density at radius 2 is 2.28 bits per heavy atom. The van der Waals surface area contributed by atoms with E-state index >= 15 is 0 Å². The van der Waals surface area contributed by atoms with Gasteiger partial charge in [-0.2, -0.15) is 0 Å². The Morgan fingerprint density at radius 1 is 1.50 bits per heavy atom. The maximum atomic E-state index is 11.7. The predicted molar refractivity (Wildman–Crippen MR) is 74.0 cm³/mol. The molecule has 100 valence electrons. The van der Waals surface area contributed by atoms with Crippen LogP contribution in [0.3, 0.4) is 0 Å². The van der Waals surface area contributed by atoms with E-state index in [1.54, 1.807) is 31.4 Å². The lowest BCUT2D eigenvalue weighted by atomic mass is 10.2. The van der Waals surface area contributed by atoms with Gasteiger partial charge in [-0.1, -0.05) is 24.6 Å². The van der Waals surface area contributed by atoms with Crippen LogP contribution in [-0.4, -0.2) is 32.2 Å². The summed E-state index contributed by atoms with van der Waals surface area (Å²) in [4.78, 5) is 11.7. The van der Waals surface area contributed by atoms with E-state index < -0.39 is 0 Å². The van der Waals surface area contributed by atoms with E-state index in [0.717, 1.165) is 6.42 Å². The average Bonchev–Trinajstić information content (AvgIpc) is 2.34. The molecule has 0 radical (unpaired) electrons. The number of benzene rings is 1. The van der Waals surface area contributed by atoms with Gasteiger partial charge in [0.05, 0.1) is 13.2 Å². The van der Waals surface area contributed by atoms with Crippen LogP contribution in [0.2, 0.25) is 5.02 Å². The van der Waals surface area contributed by atoms with Crippen LogP contribution in [0.5, 0.6) is 0 Å². The van der Waals surface area contributed by atoms with Gasteiger partial charge in [0.25, 0.3) is 0 Å². The average molecular weight is 271 g/mol. The Morgan fingerprint density at radius 3 is 2.89 bits per heavy atom. The zero-order valence-corrected chi connectivity index (χ0v) is 11.5. The maximum Gasteiger partial charge on any atom is 0.238 e. The first-order valence-electron chi connectivity index (χ1n) is 5.93. The monoisotopic (exact) mass is 270 g/mol. The normalized spacial score (nSPS) is 12.2. The number of ether oxygens (including phenoxy) is 1. The number of anilines is 1. The molecule has 1 aromatic rings. The summed E-state index contributed by atoms with van der Waals surface area (Å²) in [6, 6.07) is 7.27. The Kier molecular flexibility index (Phi) is 6.72. The summed E-state index contributed by atoms with van der Waals surface area (Å²) in [5.74, 6) is -0.0909. The van der Waals surface area contributed by atoms with Crippen LogP contribution in [0.25, 0.3) is 0 Å². The van der Waals surface area contributed by atoms with Gasteiger partial charge in [0.15, 0.2) is 0 Å². The minimum absolute atomic E-state index is 0.0909. The highest BCUT2D eigenvalue weighted by molar-refractivity contribution is 6.30. The molecule has 0 saturated carbocycles. The fourth-order valence-electron chi connectivity index (χ4n) is 1.53. The van der Waals surface area contributed by atoms with Crippen molar-refractivity contribution in [2.24, 2.45) is 0 Å². The molecule has 0 aromatic heterocycles. The van der Waals surface area contributed by atoms with E-state index in [4.69, 9.17) is 16.3 Å². The molecule has 5 heteroatoms. The molecule has 0 aliphatic heterocycles. The number of carbonyl (C=O) groups excluding carboxylic acids is 1. The van der Waals surface area contributed by atoms with E-state index in [1.807, 2.05) is 6.92 Å². The van der Waals surface area contributed by atoms with Gasteiger partial charge in [-0.15, -0.1) is 0 Å². The molecule has 0 spiro atoms. The first-order valence-corrected chi connectivity index (χ1v) is 6.31. The van der Waals surface area contributed by atoms with E-state index in [9.17, 15) is 4.79 Å². The number of hydrogen-bond donors (Lipinski definition) is 2. The van der Waals surface area contributed by atoms with Crippen LogP contribution >= 0.6 is 11.6 Å². The van der Waals surface area contributed by atoms with Crippen LogP contribution in [0.15, 0.2) is 24.3 Å². The van der Waals surface area contributed by atoms with Crippen molar-refractivity contribution < 1.29 is 9.53 Å². The molecule has 0 saturated heterocycles. The number of halogens is 1. The van der Waals surface area contributed by atoms with Crippen molar-refractivity contribution in [1.82, 2.24) is 5.32 Å². The second-order valence-corrected chi connectivity index (χ2v) is 4.44. The molecule has 1 amide bonds. The standard InChI is InChI=1S/C13H19ClN2O2/c1-3-11(9-18-2)15-8-13(17)16-12-6-4-5-10(14)7-12/h4-7,11,15H,3,8-9H2,1-2H3,(H,16,17). The molecule has 18 heavy (non-hydrogen) atoms. The van der Waals surface area contributed by atoms with Crippen LogP contribution in [0.4, 0.5) is 5.69 Å². The Bertz CT molecular complexity index is 385. The molecule has 2 N–H and O–H groups in total. The topological polar surface area (TPSA) is 50.4 Å². The van der Waals surface area contributed by atoms with Crippen LogP contribution in [-0.2, 0) is 9.53 Å². The second-order valence-electron chi connectivity index (χ2n) is 4.00. The third-order valence-electron chi connectivity index (χ3n) is 2.52. The van der Waals surface area contributed by atoms with Crippen molar-refractivity contribution in [2.75, 3.05) is 25.6 Å². The number of rotatable bonds is 7. The third-order valence-corrected chi connectivity index (χ3v) is 2.76. The number of hydrogen-bond acceptors (Lipinski definition) is 3. The minimum atomic E-state index is -0.0909. The summed E-state index contributed by atoms with van der Waals surface area (Å²) in [6.45, 7) is 2.90. The van der Waals surface area contributed by atoms with Gasteiger partial charge in [-0.25, -0.2) is 0 Å². The number of amides is 1. The summed E-state index contributed by atoms with van der Waals surface area (Å²) in [7, 11) is 1.65. The molecule has 0 aliphatic carbocycles. The molecule has 4 nitrogen and oxygen atoms in total. The molecule has 1 aromatic carbocycles. The largest absolute Gasteiger partial charge is 0.383 e. The highest BCUT2D eigenvalue weighted by Crippen LogP contribution is 2.14. The lowest BCUT2D eigenvalue weighted by Crippen LogP contribution is -2.38. The number of nitrogens with one attached hydrogen (secondary N) is 2. The summed E-state index contributed by atoms with van der Waals surface area (Å²) >= 11 is 5.84. The molecule has 0 bridgehead atoms. The van der Waals surface area contributed by atoms with Crippen molar-refractivity contribution in [2.45, 2.75) is 19.4 Å². The van der Waals surface area contributed by atoms with Gasteiger partial charge in [0.1, 0.15) is 0 Å². The number of methoxy groups -OCH3 is 1. The zero-order valence-electron chi connectivity index (χ0n) is 10.7.